The largest absolute Gasteiger partial charge is 0.450 e. The molecule has 0 amide bonds. The molecule has 0 aromatic heterocycles. The summed E-state index contributed by atoms with van der Waals surface area (Å²) in [6.45, 7) is 4.83. The average Bonchev–Trinajstić information content (AvgIpc) is 3.20. The molecule has 0 spiro atoms. The van der Waals surface area contributed by atoms with Gasteiger partial charge >= 0.3 is 5.97 Å². The molecule has 2 N–H and O–H groups in total. The van der Waals surface area contributed by atoms with Gasteiger partial charge in [0.1, 0.15) is 0 Å². The van der Waals surface area contributed by atoms with Gasteiger partial charge in [-0.05, 0) is 25.0 Å². The Bertz CT molecular complexity index is 763. The lowest BCUT2D eigenvalue weighted by atomic mass is 9.78. The first-order valence-corrected chi connectivity index (χ1v) is 9.35. The quantitative estimate of drug-likeness (QED) is 0.471. The van der Waals surface area contributed by atoms with E-state index in [1.54, 1.807) is 30.3 Å². The van der Waals surface area contributed by atoms with Gasteiger partial charge in [0.15, 0.2) is 11.4 Å². The summed E-state index contributed by atoms with van der Waals surface area (Å²) in [5, 5.41) is 0. The number of ether oxygens (including phenoxy) is 4. The van der Waals surface area contributed by atoms with Crippen LogP contribution >= 0.6 is 0 Å². The highest BCUT2D eigenvalue weighted by molar-refractivity contribution is 5.95. The van der Waals surface area contributed by atoms with Gasteiger partial charge in [-0.1, -0.05) is 36.9 Å². The molecule has 3 heterocycles. The molecule has 6 heteroatoms. The zero-order chi connectivity index (χ0) is 18.9. The molecule has 27 heavy (non-hydrogen) atoms. The predicted octanol–water partition coefficient (Wildman–Crippen LogP) is 2.85. The molecule has 1 aromatic rings. The molecule has 0 radical (unpaired) electrons. The van der Waals surface area contributed by atoms with E-state index in [9.17, 15) is 4.79 Å². The van der Waals surface area contributed by atoms with Crippen molar-refractivity contribution in [2.75, 3.05) is 25.6 Å². The summed E-state index contributed by atoms with van der Waals surface area (Å²) in [5.74, 6) is -1.38. The van der Waals surface area contributed by atoms with Crippen molar-refractivity contribution in [3.8, 4) is 0 Å². The normalized spacial score (nSPS) is 34.5. The van der Waals surface area contributed by atoms with Crippen LogP contribution in [0.25, 0.3) is 0 Å². The summed E-state index contributed by atoms with van der Waals surface area (Å²) in [5.41, 5.74) is 5.86. The van der Waals surface area contributed by atoms with Gasteiger partial charge in [0.2, 0.25) is 0 Å². The summed E-state index contributed by atoms with van der Waals surface area (Å²) in [4.78, 5) is 12.8. The van der Waals surface area contributed by atoms with Gasteiger partial charge in [0, 0.05) is 12.1 Å². The van der Waals surface area contributed by atoms with E-state index in [1.807, 2.05) is 12.2 Å². The summed E-state index contributed by atoms with van der Waals surface area (Å²) in [6.07, 6.45) is 7.87. The highest BCUT2D eigenvalue weighted by Gasteiger charge is 2.69. The van der Waals surface area contributed by atoms with Crippen molar-refractivity contribution in [2.24, 2.45) is 5.92 Å². The van der Waals surface area contributed by atoms with Crippen molar-refractivity contribution in [1.82, 2.24) is 0 Å². The number of nitrogen functional groups attached to an aromatic ring is 1. The Labute approximate surface area is 158 Å². The van der Waals surface area contributed by atoms with Crippen LogP contribution in [0.5, 0.6) is 0 Å². The summed E-state index contributed by atoms with van der Waals surface area (Å²) >= 11 is 0. The highest BCUT2D eigenvalue weighted by Crippen LogP contribution is 2.54. The fourth-order valence-corrected chi connectivity index (χ4v) is 4.47. The minimum Gasteiger partial charge on any atom is -0.450 e. The summed E-state index contributed by atoms with van der Waals surface area (Å²) < 4.78 is 24.3. The van der Waals surface area contributed by atoms with Crippen LogP contribution in [-0.2, 0) is 18.9 Å². The zero-order valence-electron chi connectivity index (χ0n) is 15.3. The number of esters is 1. The van der Waals surface area contributed by atoms with E-state index in [4.69, 9.17) is 24.7 Å². The standard InChI is InChI=1S/C21H25NO5/c1-2-3-4-7-11-21-18-17(10-12-25-21)24-13-20(18,14-26-21)27-19(23)15-8-5-6-9-16(15)22/h2-6,8-9,17-18H,1,7,10-14,22H2/b4-3+/t17-,18+,20-,21-/m0/s1. The molecule has 0 unspecified atom stereocenters. The van der Waals surface area contributed by atoms with Crippen LogP contribution in [0, 0.1) is 5.92 Å². The van der Waals surface area contributed by atoms with Crippen molar-refractivity contribution in [1.29, 1.82) is 0 Å². The molecular formula is C21H25NO5. The van der Waals surface area contributed by atoms with E-state index in [-0.39, 0.29) is 18.6 Å². The van der Waals surface area contributed by atoms with Crippen LogP contribution in [-0.4, -0.2) is 43.3 Å². The minimum absolute atomic E-state index is 0.0365. The molecule has 144 valence electrons. The first-order chi connectivity index (χ1) is 13.1. The summed E-state index contributed by atoms with van der Waals surface area (Å²) in [6, 6.07) is 6.91. The lowest BCUT2D eigenvalue weighted by molar-refractivity contribution is -0.269. The van der Waals surface area contributed by atoms with Gasteiger partial charge in [-0.2, -0.15) is 0 Å². The zero-order valence-corrected chi connectivity index (χ0v) is 15.3. The molecule has 3 aliphatic heterocycles. The van der Waals surface area contributed by atoms with E-state index in [2.05, 4.69) is 6.58 Å². The van der Waals surface area contributed by atoms with Crippen LogP contribution in [0.1, 0.15) is 29.6 Å². The molecule has 0 saturated carbocycles. The number of allylic oxidation sites excluding steroid dienone is 3. The average molecular weight is 371 g/mol. The maximum atomic E-state index is 12.8. The van der Waals surface area contributed by atoms with E-state index in [0.717, 1.165) is 12.8 Å². The van der Waals surface area contributed by atoms with Crippen molar-refractivity contribution in [3.05, 3.63) is 54.6 Å². The van der Waals surface area contributed by atoms with Gasteiger partial charge in [0.05, 0.1) is 37.4 Å². The SMILES string of the molecule is C=C/C=C/CC[C@]12OCC[C@@H]3OC[C@](OC(=O)c4ccccc4N)(CO1)[C@@H]32. The molecule has 4 rings (SSSR count). The van der Waals surface area contributed by atoms with Crippen molar-refractivity contribution in [2.45, 2.75) is 36.8 Å². The third-order valence-electron chi connectivity index (χ3n) is 5.67. The smallest absolute Gasteiger partial charge is 0.340 e. The van der Waals surface area contributed by atoms with Gasteiger partial charge in [-0.25, -0.2) is 4.79 Å². The van der Waals surface area contributed by atoms with Crippen LogP contribution in [0.2, 0.25) is 0 Å². The lowest BCUT2D eigenvalue weighted by Gasteiger charge is -2.41. The van der Waals surface area contributed by atoms with E-state index >= 15 is 0 Å². The fourth-order valence-electron chi connectivity index (χ4n) is 4.47. The maximum absolute atomic E-state index is 12.8. The molecule has 1 aromatic carbocycles. The number of hydrogen-bond donors (Lipinski definition) is 1. The number of rotatable bonds is 6. The Kier molecular flexibility index (Phi) is 4.80. The number of para-hydroxylation sites is 1. The maximum Gasteiger partial charge on any atom is 0.340 e. The Hall–Kier alpha value is -2.15. The number of nitrogens with two attached hydrogens (primary N) is 1. The topological polar surface area (TPSA) is 80.0 Å². The first kappa shape index (κ1) is 18.2. The number of hydrogen-bond acceptors (Lipinski definition) is 6. The van der Waals surface area contributed by atoms with Gasteiger partial charge in [-0.3, -0.25) is 0 Å². The Morgan fingerprint density at radius 1 is 1.33 bits per heavy atom. The van der Waals surface area contributed by atoms with E-state index in [1.165, 1.54) is 0 Å². The van der Waals surface area contributed by atoms with Crippen LogP contribution in [0.3, 0.4) is 0 Å². The van der Waals surface area contributed by atoms with E-state index in [0.29, 0.717) is 30.9 Å². The Balaban J connectivity index is 1.57. The van der Waals surface area contributed by atoms with Crippen molar-refractivity contribution >= 4 is 11.7 Å². The van der Waals surface area contributed by atoms with E-state index < -0.39 is 17.4 Å². The monoisotopic (exact) mass is 371 g/mol. The fraction of sp³-hybridized carbons (Fsp3) is 0.476. The van der Waals surface area contributed by atoms with Gasteiger partial charge < -0.3 is 24.7 Å². The highest BCUT2D eigenvalue weighted by atomic mass is 16.7. The molecule has 3 aliphatic rings. The number of carbonyl (C=O) groups excluding carboxylic acids is 1. The molecule has 6 nitrogen and oxygen atoms in total. The molecule has 3 fully saturated rings. The number of benzene rings is 1. The molecular weight excluding hydrogens is 346 g/mol. The second kappa shape index (κ2) is 7.11. The van der Waals surface area contributed by atoms with Crippen LogP contribution in [0.4, 0.5) is 5.69 Å². The lowest BCUT2D eigenvalue weighted by Crippen LogP contribution is -2.53. The first-order valence-electron chi connectivity index (χ1n) is 9.35. The number of anilines is 1. The second-order valence-electron chi connectivity index (χ2n) is 7.31. The third kappa shape index (κ3) is 3.08. The minimum atomic E-state index is -0.841. The van der Waals surface area contributed by atoms with Crippen molar-refractivity contribution in [3.63, 3.8) is 0 Å². The summed E-state index contributed by atoms with van der Waals surface area (Å²) in [7, 11) is 0. The Morgan fingerprint density at radius 2 is 2.19 bits per heavy atom. The molecule has 0 bridgehead atoms. The van der Waals surface area contributed by atoms with Gasteiger partial charge in [-0.15, -0.1) is 0 Å². The molecule has 3 saturated heterocycles. The second-order valence-corrected chi connectivity index (χ2v) is 7.31. The predicted molar refractivity (Wildman–Crippen MR) is 100 cm³/mol. The van der Waals surface area contributed by atoms with Crippen LogP contribution < -0.4 is 5.73 Å². The Morgan fingerprint density at radius 3 is 3.00 bits per heavy atom. The van der Waals surface area contributed by atoms with Crippen LogP contribution in [0.15, 0.2) is 49.1 Å². The van der Waals surface area contributed by atoms with Crippen molar-refractivity contribution < 1.29 is 23.7 Å². The molecule has 4 atom stereocenters. The van der Waals surface area contributed by atoms with Gasteiger partial charge in [0.25, 0.3) is 0 Å². The number of carbonyl (C=O) groups is 1. The third-order valence-corrected chi connectivity index (χ3v) is 5.67. The molecule has 0 aliphatic carbocycles.